The highest BCUT2D eigenvalue weighted by atomic mass is 35.5. The summed E-state index contributed by atoms with van der Waals surface area (Å²) in [5, 5.41) is 0. The first-order chi connectivity index (χ1) is 14.0. The maximum Gasteiger partial charge on any atom is 0.256 e. The molecule has 2 fully saturated rings. The normalized spacial score (nSPS) is 22.6. The van der Waals surface area contributed by atoms with Crippen LogP contribution in [0.2, 0.25) is 0 Å². The van der Waals surface area contributed by atoms with Gasteiger partial charge in [-0.15, -0.1) is 24.8 Å². The Morgan fingerprint density at radius 2 is 1.87 bits per heavy atom. The summed E-state index contributed by atoms with van der Waals surface area (Å²) in [7, 11) is 2.17. The quantitative estimate of drug-likeness (QED) is 0.714. The number of likely N-dealkylation sites (tertiary alicyclic amines) is 2. The van der Waals surface area contributed by atoms with Gasteiger partial charge in [0, 0.05) is 31.6 Å². The van der Waals surface area contributed by atoms with Gasteiger partial charge in [-0.05, 0) is 68.1 Å². The smallest absolute Gasteiger partial charge is 0.256 e. The highest BCUT2D eigenvalue weighted by Gasteiger charge is 2.47. The maximum atomic E-state index is 14.5. The molecule has 0 aliphatic carbocycles. The standard InChI is InChI=1S/C24H30FN3O.2ClH/c1-16-6-3-4-8-19(16)23-21-15-28(14-18(21)13-27(23)2)24(29)20-12-17(7-5-11-26)9-10-22(20)25;;/h3-4,6,8-10,12,18,21,23H,5,7,11,13-15,26H2,1-2H3;2*1H/t18-,21+,23+;;/m0../s1. The van der Waals surface area contributed by atoms with Gasteiger partial charge in [0.05, 0.1) is 5.56 Å². The molecule has 0 bridgehead atoms. The van der Waals surface area contributed by atoms with Gasteiger partial charge in [0.1, 0.15) is 5.82 Å². The van der Waals surface area contributed by atoms with Crippen LogP contribution in [0.4, 0.5) is 4.39 Å². The molecular formula is C24H32Cl2FN3O. The summed E-state index contributed by atoms with van der Waals surface area (Å²) in [5.41, 5.74) is 9.37. The number of amides is 1. The Labute approximate surface area is 196 Å². The van der Waals surface area contributed by atoms with Crippen molar-refractivity contribution in [1.82, 2.24) is 9.80 Å². The Morgan fingerprint density at radius 1 is 1.13 bits per heavy atom. The molecule has 31 heavy (non-hydrogen) atoms. The van der Waals surface area contributed by atoms with E-state index in [1.807, 2.05) is 4.90 Å². The van der Waals surface area contributed by atoms with Crippen LogP contribution < -0.4 is 5.73 Å². The fourth-order valence-electron chi connectivity index (χ4n) is 5.18. The summed E-state index contributed by atoms with van der Waals surface area (Å²) < 4.78 is 14.5. The van der Waals surface area contributed by atoms with Gasteiger partial charge in [0.15, 0.2) is 0 Å². The Morgan fingerprint density at radius 3 is 2.58 bits per heavy atom. The SMILES string of the molecule is Cc1ccccc1[C@@H]1[C@@H]2CN(C(=O)c3cc(CCCN)ccc3F)C[C@@H]2CN1C.Cl.Cl. The second kappa shape index (κ2) is 10.8. The summed E-state index contributed by atoms with van der Waals surface area (Å²) in [6, 6.07) is 13.7. The van der Waals surface area contributed by atoms with Crippen molar-refractivity contribution < 1.29 is 9.18 Å². The zero-order chi connectivity index (χ0) is 20.5. The van der Waals surface area contributed by atoms with E-state index >= 15 is 0 Å². The van der Waals surface area contributed by atoms with E-state index in [1.54, 1.807) is 12.1 Å². The first-order valence-electron chi connectivity index (χ1n) is 10.5. The first kappa shape index (κ1) is 25.6. The van der Waals surface area contributed by atoms with E-state index in [4.69, 9.17) is 5.73 Å². The van der Waals surface area contributed by atoms with Crippen molar-refractivity contribution in [2.75, 3.05) is 33.2 Å². The number of fused-ring (bicyclic) bond motifs is 1. The minimum Gasteiger partial charge on any atom is -0.338 e. The Hall–Kier alpha value is -1.66. The fourth-order valence-corrected chi connectivity index (χ4v) is 5.18. The van der Waals surface area contributed by atoms with E-state index in [2.05, 4.69) is 43.1 Å². The van der Waals surface area contributed by atoms with Gasteiger partial charge in [-0.1, -0.05) is 30.3 Å². The van der Waals surface area contributed by atoms with Crippen LogP contribution in [0.5, 0.6) is 0 Å². The lowest BCUT2D eigenvalue weighted by molar-refractivity contribution is 0.0763. The lowest BCUT2D eigenvalue weighted by Gasteiger charge is -2.28. The van der Waals surface area contributed by atoms with Crippen LogP contribution in [0.3, 0.4) is 0 Å². The van der Waals surface area contributed by atoms with E-state index in [0.717, 1.165) is 24.9 Å². The number of hydrogen-bond donors (Lipinski definition) is 1. The highest BCUT2D eigenvalue weighted by molar-refractivity contribution is 5.95. The van der Waals surface area contributed by atoms with Crippen LogP contribution in [-0.2, 0) is 6.42 Å². The summed E-state index contributed by atoms with van der Waals surface area (Å²) in [6.45, 7) is 5.08. The molecule has 2 aromatic rings. The molecule has 1 amide bonds. The van der Waals surface area contributed by atoms with Gasteiger partial charge in [-0.3, -0.25) is 9.69 Å². The average molecular weight is 468 g/mol. The molecular weight excluding hydrogens is 436 g/mol. The van der Waals surface area contributed by atoms with Crippen molar-refractivity contribution in [2.45, 2.75) is 25.8 Å². The molecule has 2 aromatic carbocycles. The zero-order valence-electron chi connectivity index (χ0n) is 18.1. The van der Waals surface area contributed by atoms with E-state index < -0.39 is 5.82 Å². The summed E-state index contributed by atoms with van der Waals surface area (Å²) >= 11 is 0. The summed E-state index contributed by atoms with van der Waals surface area (Å²) in [4.78, 5) is 17.4. The Kier molecular flexibility index (Phi) is 8.90. The number of nitrogens with two attached hydrogens (primary N) is 1. The minimum absolute atomic E-state index is 0. The van der Waals surface area contributed by atoms with Crippen molar-refractivity contribution in [3.8, 4) is 0 Å². The van der Waals surface area contributed by atoms with Crippen molar-refractivity contribution in [3.05, 3.63) is 70.5 Å². The summed E-state index contributed by atoms with van der Waals surface area (Å²) in [5.74, 6) is 0.194. The number of aryl methyl sites for hydroxylation is 2. The average Bonchev–Trinajstić information content (AvgIpc) is 3.24. The van der Waals surface area contributed by atoms with Crippen molar-refractivity contribution in [3.63, 3.8) is 0 Å². The predicted octanol–water partition coefficient (Wildman–Crippen LogP) is 4.24. The molecule has 0 spiro atoms. The largest absolute Gasteiger partial charge is 0.338 e. The first-order valence-corrected chi connectivity index (χ1v) is 10.5. The monoisotopic (exact) mass is 467 g/mol. The van der Waals surface area contributed by atoms with E-state index in [0.29, 0.717) is 37.5 Å². The minimum atomic E-state index is -0.434. The molecule has 4 rings (SSSR count). The third kappa shape index (κ3) is 5.06. The molecule has 2 aliphatic heterocycles. The molecule has 0 aromatic heterocycles. The van der Waals surface area contributed by atoms with Crippen LogP contribution in [0.25, 0.3) is 0 Å². The third-order valence-electron chi connectivity index (χ3n) is 6.62. The molecule has 0 unspecified atom stereocenters. The number of carbonyl (C=O) groups is 1. The molecule has 4 nitrogen and oxygen atoms in total. The number of halogens is 3. The summed E-state index contributed by atoms with van der Waals surface area (Å²) in [6.07, 6.45) is 1.60. The second-order valence-corrected chi connectivity index (χ2v) is 8.58. The predicted molar refractivity (Wildman–Crippen MR) is 128 cm³/mol. The molecule has 170 valence electrons. The molecule has 2 heterocycles. The highest BCUT2D eigenvalue weighted by Crippen LogP contribution is 2.45. The number of hydrogen-bond acceptors (Lipinski definition) is 3. The van der Waals surface area contributed by atoms with Crippen LogP contribution in [0.1, 0.15) is 39.5 Å². The molecule has 0 radical (unpaired) electrons. The zero-order valence-corrected chi connectivity index (χ0v) is 19.7. The van der Waals surface area contributed by atoms with E-state index in [9.17, 15) is 9.18 Å². The van der Waals surface area contributed by atoms with Crippen LogP contribution in [0, 0.1) is 24.6 Å². The van der Waals surface area contributed by atoms with E-state index in [1.165, 1.54) is 17.2 Å². The van der Waals surface area contributed by atoms with Crippen LogP contribution in [0.15, 0.2) is 42.5 Å². The number of nitrogens with zero attached hydrogens (tertiary/aromatic N) is 2. The van der Waals surface area contributed by atoms with Gasteiger partial charge in [0.25, 0.3) is 5.91 Å². The molecule has 2 N–H and O–H groups in total. The lowest BCUT2D eigenvalue weighted by atomic mass is 9.88. The second-order valence-electron chi connectivity index (χ2n) is 8.58. The van der Waals surface area contributed by atoms with Crippen LogP contribution in [-0.4, -0.2) is 48.9 Å². The van der Waals surface area contributed by atoms with Crippen molar-refractivity contribution >= 4 is 30.7 Å². The third-order valence-corrected chi connectivity index (χ3v) is 6.62. The maximum absolute atomic E-state index is 14.5. The number of benzene rings is 2. The molecule has 3 atom stereocenters. The van der Waals surface area contributed by atoms with Gasteiger partial charge in [0.2, 0.25) is 0 Å². The van der Waals surface area contributed by atoms with Crippen molar-refractivity contribution in [1.29, 1.82) is 0 Å². The topological polar surface area (TPSA) is 49.6 Å². The molecule has 7 heteroatoms. The Bertz CT molecular complexity index is 910. The number of carbonyl (C=O) groups excluding carboxylic acids is 1. The number of rotatable bonds is 5. The molecule has 2 aliphatic rings. The van der Waals surface area contributed by atoms with Crippen LogP contribution >= 0.6 is 24.8 Å². The molecule has 0 saturated carbocycles. The van der Waals surface area contributed by atoms with Gasteiger partial charge in [-0.2, -0.15) is 0 Å². The Balaban J connectivity index is 0.00000171. The molecule has 2 saturated heterocycles. The lowest BCUT2D eigenvalue weighted by Crippen LogP contribution is -2.34. The fraction of sp³-hybridized carbons (Fsp3) is 0.458. The van der Waals surface area contributed by atoms with Gasteiger partial charge in [-0.25, -0.2) is 4.39 Å². The van der Waals surface area contributed by atoms with E-state index in [-0.39, 0.29) is 36.3 Å². The van der Waals surface area contributed by atoms with Gasteiger partial charge < -0.3 is 10.6 Å². The van der Waals surface area contributed by atoms with Gasteiger partial charge >= 0.3 is 0 Å². The van der Waals surface area contributed by atoms with Crippen molar-refractivity contribution in [2.24, 2.45) is 17.6 Å².